The monoisotopic (exact) mass is 306 g/mol. The number of hydrogen-bond acceptors (Lipinski definition) is 4. The quantitative estimate of drug-likeness (QED) is 0.507. The molecule has 0 bridgehead atoms. The van der Waals surface area contributed by atoms with Crippen molar-refractivity contribution in [2.24, 2.45) is 5.10 Å². The third kappa shape index (κ3) is 3.13. The first-order valence-electron chi connectivity index (χ1n) is 6.98. The lowest BCUT2D eigenvalue weighted by Gasteiger charge is -2.05. The first kappa shape index (κ1) is 14.6. The van der Waals surface area contributed by atoms with Crippen LogP contribution < -0.4 is 5.43 Å². The molecule has 0 aliphatic rings. The molecule has 23 heavy (non-hydrogen) atoms. The number of fused-ring (bicyclic) bond motifs is 1. The molecule has 0 amide bonds. The van der Waals surface area contributed by atoms with Crippen molar-refractivity contribution < 1.29 is 15.0 Å². The van der Waals surface area contributed by atoms with Crippen LogP contribution in [0.15, 0.2) is 65.8 Å². The van der Waals surface area contributed by atoms with Crippen LogP contribution in [0.1, 0.15) is 15.9 Å². The largest absolute Gasteiger partial charge is 0.507 e. The number of benzene rings is 3. The number of carboxylic acid groups (broad SMARTS) is 1. The van der Waals surface area contributed by atoms with Gasteiger partial charge < -0.3 is 10.2 Å². The lowest BCUT2D eigenvalue weighted by atomic mass is 10.0. The molecule has 0 heterocycles. The minimum atomic E-state index is -0.996. The SMILES string of the molecule is O=C(O)c1cccc(NN=Cc2c(O)ccc3ccccc23)c1. The predicted octanol–water partition coefficient (Wildman–Crippen LogP) is 3.69. The molecule has 0 aliphatic carbocycles. The Balaban J connectivity index is 1.88. The third-order valence-electron chi connectivity index (χ3n) is 3.44. The van der Waals surface area contributed by atoms with Crippen LogP contribution >= 0.6 is 0 Å². The number of carbonyl (C=O) groups is 1. The summed E-state index contributed by atoms with van der Waals surface area (Å²) in [4.78, 5) is 10.9. The van der Waals surface area contributed by atoms with E-state index >= 15 is 0 Å². The number of phenols is 1. The number of nitrogens with zero attached hydrogens (tertiary/aromatic N) is 1. The molecule has 114 valence electrons. The Kier molecular flexibility index (Phi) is 3.93. The van der Waals surface area contributed by atoms with Crippen molar-refractivity contribution in [3.05, 3.63) is 71.8 Å². The summed E-state index contributed by atoms with van der Waals surface area (Å²) in [7, 11) is 0. The van der Waals surface area contributed by atoms with Crippen LogP contribution in [0.3, 0.4) is 0 Å². The first-order valence-corrected chi connectivity index (χ1v) is 6.98. The van der Waals surface area contributed by atoms with E-state index in [9.17, 15) is 9.90 Å². The van der Waals surface area contributed by atoms with Gasteiger partial charge in [0.15, 0.2) is 0 Å². The molecule has 5 heteroatoms. The van der Waals surface area contributed by atoms with Gasteiger partial charge in [-0.2, -0.15) is 5.10 Å². The Morgan fingerprint density at radius 3 is 2.70 bits per heavy atom. The van der Waals surface area contributed by atoms with Crippen molar-refractivity contribution in [3.63, 3.8) is 0 Å². The number of nitrogens with one attached hydrogen (secondary N) is 1. The fourth-order valence-electron chi connectivity index (χ4n) is 2.31. The number of aromatic hydroxyl groups is 1. The Morgan fingerprint density at radius 2 is 1.87 bits per heavy atom. The number of phenolic OH excluding ortho intramolecular Hbond substituents is 1. The maximum absolute atomic E-state index is 10.9. The summed E-state index contributed by atoms with van der Waals surface area (Å²) in [6.45, 7) is 0. The Morgan fingerprint density at radius 1 is 1.04 bits per heavy atom. The van der Waals surface area contributed by atoms with Gasteiger partial charge in [0.2, 0.25) is 0 Å². The van der Waals surface area contributed by atoms with Gasteiger partial charge in [-0.15, -0.1) is 0 Å². The van der Waals surface area contributed by atoms with Gasteiger partial charge in [-0.1, -0.05) is 36.4 Å². The maximum atomic E-state index is 10.9. The molecule has 0 aromatic heterocycles. The van der Waals surface area contributed by atoms with Crippen LogP contribution in [-0.2, 0) is 0 Å². The van der Waals surface area contributed by atoms with E-state index in [1.165, 1.54) is 18.3 Å². The van der Waals surface area contributed by atoms with Crippen LogP contribution in [0.4, 0.5) is 5.69 Å². The molecule has 0 atom stereocenters. The number of hydrazone groups is 1. The highest BCUT2D eigenvalue weighted by Crippen LogP contribution is 2.25. The molecule has 3 N–H and O–H groups in total. The summed E-state index contributed by atoms with van der Waals surface area (Å²) in [5.74, 6) is -0.863. The molecule has 0 radical (unpaired) electrons. The van der Waals surface area contributed by atoms with Crippen molar-refractivity contribution in [1.82, 2.24) is 0 Å². The summed E-state index contributed by atoms with van der Waals surface area (Å²) >= 11 is 0. The summed E-state index contributed by atoms with van der Waals surface area (Å²) in [6.07, 6.45) is 1.52. The fourth-order valence-corrected chi connectivity index (χ4v) is 2.31. The lowest BCUT2D eigenvalue weighted by Crippen LogP contribution is -1.98. The summed E-state index contributed by atoms with van der Waals surface area (Å²) in [6, 6.07) is 17.5. The van der Waals surface area contributed by atoms with Crippen LogP contribution in [-0.4, -0.2) is 22.4 Å². The number of anilines is 1. The molecule has 0 fully saturated rings. The lowest BCUT2D eigenvalue weighted by molar-refractivity contribution is 0.0697. The van der Waals surface area contributed by atoms with Crippen molar-refractivity contribution in [2.75, 3.05) is 5.43 Å². The number of carboxylic acids is 1. The van der Waals surface area contributed by atoms with Gasteiger partial charge >= 0.3 is 5.97 Å². The predicted molar refractivity (Wildman–Crippen MR) is 90.2 cm³/mol. The summed E-state index contributed by atoms with van der Waals surface area (Å²) in [5.41, 5.74) is 4.11. The van der Waals surface area contributed by atoms with Crippen LogP contribution in [0.5, 0.6) is 5.75 Å². The number of rotatable bonds is 4. The second kappa shape index (κ2) is 6.19. The minimum absolute atomic E-state index is 0.133. The van der Waals surface area contributed by atoms with Gasteiger partial charge in [-0.3, -0.25) is 5.43 Å². The zero-order valence-corrected chi connectivity index (χ0v) is 12.1. The van der Waals surface area contributed by atoms with E-state index < -0.39 is 5.97 Å². The average Bonchev–Trinajstić information content (AvgIpc) is 2.57. The van der Waals surface area contributed by atoms with Gasteiger partial charge in [0.05, 0.1) is 17.5 Å². The standard InChI is InChI=1S/C18H14N2O3/c21-17-9-8-12-4-1-2-7-15(12)16(17)11-19-20-14-6-3-5-13(10-14)18(22)23/h1-11,20-21H,(H,22,23). The zero-order chi connectivity index (χ0) is 16.2. The molecule has 3 rings (SSSR count). The fraction of sp³-hybridized carbons (Fsp3) is 0. The van der Waals surface area contributed by atoms with E-state index in [1.807, 2.05) is 30.3 Å². The molecular weight excluding hydrogens is 292 g/mol. The second-order valence-electron chi connectivity index (χ2n) is 4.98. The van der Waals surface area contributed by atoms with E-state index in [2.05, 4.69) is 10.5 Å². The van der Waals surface area contributed by atoms with Crippen LogP contribution in [0.25, 0.3) is 10.8 Å². The molecule has 0 aliphatic heterocycles. The average molecular weight is 306 g/mol. The molecule has 3 aromatic carbocycles. The maximum Gasteiger partial charge on any atom is 0.335 e. The smallest absolute Gasteiger partial charge is 0.335 e. The van der Waals surface area contributed by atoms with E-state index in [0.717, 1.165) is 10.8 Å². The van der Waals surface area contributed by atoms with Gasteiger partial charge in [0, 0.05) is 5.56 Å². The van der Waals surface area contributed by atoms with E-state index in [4.69, 9.17) is 5.11 Å². The molecule has 3 aromatic rings. The van der Waals surface area contributed by atoms with Gasteiger partial charge in [-0.25, -0.2) is 4.79 Å². The molecule has 5 nitrogen and oxygen atoms in total. The van der Waals surface area contributed by atoms with Crippen LogP contribution in [0.2, 0.25) is 0 Å². The minimum Gasteiger partial charge on any atom is -0.507 e. The molecule has 0 saturated heterocycles. The normalized spacial score (nSPS) is 11.0. The highest BCUT2D eigenvalue weighted by molar-refractivity contribution is 6.02. The summed E-state index contributed by atoms with van der Waals surface area (Å²) < 4.78 is 0. The van der Waals surface area contributed by atoms with E-state index in [-0.39, 0.29) is 11.3 Å². The Hall–Kier alpha value is -3.34. The Labute approximate surface area is 132 Å². The topological polar surface area (TPSA) is 81.9 Å². The molecule has 0 unspecified atom stereocenters. The highest BCUT2D eigenvalue weighted by atomic mass is 16.4. The van der Waals surface area contributed by atoms with Crippen molar-refractivity contribution >= 4 is 28.6 Å². The van der Waals surface area contributed by atoms with Crippen molar-refractivity contribution in [3.8, 4) is 5.75 Å². The molecule has 0 spiro atoms. The van der Waals surface area contributed by atoms with Crippen molar-refractivity contribution in [1.29, 1.82) is 0 Å². The summed E-state index contributed by atoms with van der Waals surface area (Å²) in [5, 5.41) is 25.0. The van der Waals surface area contributed by atoms with Crippen molar-refractivity contribution in [2.45, 2.75) is 0 Å². The van der Waals surface area contributed by atoms with Crippen LogP contribution in [0, 0.1) is 0 Å². The highest BCUT2D eigenvalue weighted by Gasteiger charge is 2.05. The van der Waals surface area contributed by atoms with Gasteiger partial charge in [0.1, 0.15) is 5.75 Å². The van der Waals surface area contributed by atoms with Gasteiger partial charge in [0.25, 0.3) is 0 Å². The van der Waals surface area contributed by atoms with E-state index in [1.54, 1.807) is 18.2 Å². The molecule has 0 saturated carbocycles. The first-order chi connectivity index (χ1) is 11.1. The van der Waals surface area contributed by atoms with E-state index in [0.29, 0.717) is 11.3 Å². The number of hydrogen-bond donors (Lipinski definition) is 3. The third-order valence-corrected chi connectivity index (χ3v) is 3.44. The molecular formula is C18H14N2O3. The van der Waals surface area contributed by atoms with Gasteiger partial charge in [-0.05, 0) is 35.0 Å². The Bertz CT molecular complexity index is 904. The zero-order valence-electron chi connectivity index (χ0n) is 12.1. The second-order valence-corrected chi connectivity index (χ2v) is 4.98. The number of aromatic carboxylic acids is 1.